The third-order valence-corrected chi connectivity index (χ3v) is 2.19. The standard InChI is InChI=1S/C10H11N5O3/c16-9(17)6-15-5-7(3-13-15)10(18)11-4-8-1-2-12-14-8/h1-3,5H,4,6H2,(H,11,18)(H,12,14)(H,16,17). The summed E-state index contributed by atoms with van der Waals surface area (Å²) >= 11 is 0. The van der Waals surface area contributed by atoms with Crippen LogP contribution in [0.15, 0.2) is 24.7 Å². The van der Waals surface area contributed by atoms with Crippen LogP contribution in [0.4, 0.5) is 0 Å². The predicted octanol–water partition coefficient (Wildman–Crippen LogP) is -0.379. The number of carboxylic acid groups (broad SMARTS) is 1. The summed E-state index contributed by atoms with van der Waals surface area (Å²) in [6.45, 7) is 0.0524. The summed E-state index contributed by atoms with van der Waals surface area (Å²) in [5.41, 5.74) is 1.09. The highest BCUT2D eigenvalue weighted by Gasteiger charge is 2.09. The van der Waals surface area contributed by atoms with E-state index in [9.17, 15) is 9.59 Å². The zero-order valence-corrected chi connectivity index (χ0v) is 9.33. The Bertz CT molecular complexity index is 546. The van der Waals surface area contributed by atoms with Crippen molar-refractivity contribution in [2.75, 3.05) is 0 Å². The molecule has 0 fully saturated rings. The van der Waals surface area contributed by atoms with Gasteiger partial charge in [0.05, 0.1) is 24.0 Å². The van der Waals surface area contributed by atoms with Gasteiger partial charge in [-0.3, -0.25) is 19.4 Å². The van der Waals surface area contributed by atoms with Crippen LogP contribution >= 0.6 is 0 Å². The van der Waals surface area contributed by atoms with Gasteiger partial charge in [0.1, 0.15) is 6.54 Å². The van der Waals surface area contributed by atoms with Crippen molar-refractivity contribution in [1.82, 2.24) is 25.3 Å². The number of hydrogen-bond donors (Lipinski definition) is 3. The lowest BCUT2D eigenvalue weighted by Gasteiger charge is -2.00. The minimum absolute atomic E-state index is 0.270. The van der Waals surface area contributed by atoms with Crippen LogP contribution in [0.3, 0.4) is 0 Å². The van der Waals surface area contributed by atoms with E-state index in [2.05, 4.69) is 20.6 Å². The van der Waals surface area contributed by atoms with E-state index < -0.39 is 5.97 Å². The van der Waals surface area contributed by atoms with Crippen LogP contribution in [0, 0.1) is 0 Å². The Kier molecular flexibility index (Phi) is 3.37. The Balaban J connectivity index is 1.92. The van der Waals surface area contributed by atoms with Crippen molar-refractivity contribution in [3.05, 3.63) is 35.9 Å². The van der Waals surface area contributed by atoms with Crippen LogP contribution < -0.4 is 5.32 Å². The molecular weight excluding hydrogens is 238 g/mol. The Morgan fingerprint density at radius 3 is 3.00 bits per heavy atom. The number of aliphatic carboxylic acids is 1. The van der Waals surface area contributed by atoms with Crippen molar-refractivity contribution in [3.63, 3.8) is 0 Å². The molecule has 1 amide bonds. The van der Waals surface area contributed by atoms with E-state index in [4.69, 9.17) is 5.11 Å². The van der Waals surface area contributed by atoms with Crippen LogP contribution in [-0.2, 0) is 17.9 Å². The summed E-state index contributed by atoms with van der Waals surface area (Å²) in [7, 11) is 0. The maximum absolute atomic E-state index is 11.7. The van der Waals surface area contributed by atoms with Gasteiger partial charge in [-0.2, -0.15) is 10.2 Å². The largest absolute Gasteiger partial charge is 0.480 e. The van der Waals surface area contributed by atoms with E-state index in [-0.39, 0.29) is 12.5 Å². The molecule has 94 valence electrons. The zero-order valence-electron chi connectivity index (χ0n) is 9.33. The number of rotatable bonds is 5. The van der Waals surface area contributed by atoms with Gasteiger partial charge in [0.2, 0.25) is 0 Å². The van der Waals surface area contributed by atoms with E-state index in [1.54, 1.807) is 12.3 Å². The molecule has 3 N–H and O–H groups in total. The van der Waals surface area contributed by atoms with Crippen molar-refractivity contribution >= 4 is 11.9 Å². The summed E-state index contributed by atoms with van der Waals surface area (Å²) in [4.78, 5) is 22.1. The molecule has 0 saturated heterocycles. The molecule has 18 heavy (non-hydrogen) atoms. The van der Waals surface area contributed by atoms with Crippen molar-refractivity contribution in [3.8, 4) is 0 Å². The fraction of sp³-hybridized carbons (Fsp3) is 0.200. The Labute approximate surface area is 102 Å². The van der Waals surface area contributed by atoms with Gasteiger partial charge in [-0.15, -0.1) is 0 Å². The average Bonchev–Trinajstić information content (AvgIpc) is 2.95. The number of carbonyl (C=O) groups is 2. The first-order chi connectivity index (χ1) is 8.65. The van der Waals surface area contributed by atoms with Crippen molar-refractivity contribution in [2.45, 2.75) is 13.1 Å². The van der Waals surface area contributed by atoms with E-state index in [0.717, 1.165) is 5.69 Å². The molecule has 2 aromatic heterocycles. The zero-order chi connectivity index (χ0) is 13.0. The lowest BCUT2D eigenvalue weighted by atomic mass is 10.3. The predicted molar refractivity (Wildman–Crippen MR) is 59.6 cm³/mol. The third-order valence-electron chi connectivity index (χ3n) is 2.19. The summed E-state index contributed by atoms with van der Waals surface area (Å²) in [6.07, 6.45) is 4.30. The molecule has 8 heteroatoms. The number of nitrogens with one attached hydrogen (secondary N) is 2. The summed E-state index contributed by atoms with van der Waals surface area (Å²) in [5, 5.41) is 21.5. The second-order valence-electron chi connectivity index (χ2n) is 3.58. The number of aromatic nitrogens is 4. The first kappa shape index (κ1) is 11.8. The Morgan fingerprint density at radius 1 is 1.50 bits per heavy atom. The minimum atomic E-state index is -1.01. The number of hydrogen-bond acceptors (Lipinski definition) is 4. The van der Waals surface area contributed by atoms with Gasteiger partial charge in [0.15, 0.2) is 0 Å². The lowest BCUT2D eigenvalue weighted by Crippen LogP contribution is -2.22. The Hall–Kier alpha value is -2.64. The number of aromatic amines is 1. The third kappa shape index (κ3) is 2.94. The summed E-state index contributed by atoms with van der Waals surface area (Å²) in [6, 6.07) is 1.74. The van der Waals surface area contributed by atoms with Gasteiger partial charge in [0.25, 0.3) is 5.91 Å². The van der Waals surface area contributed by atoms with Crippen molar-refractivity contribution in [1.29, 1.82) is 0 Å². The van der Waals surface area contributed by atoms with Crippen LogP contribution in [0.5, 0.6) is 0 Å². The highest BCUT2D eigenvalue weighted by Crippen LogP contribution is 1.99. The SMILES string of the molecule is O=C(O)Cn1cc(C(=O)NCc2ccn[nH]2)cn1. The molecule has 2 heterocycles. The molecule has 0 bridgehead atoms. The Morgan fingerprint density at radius 2 is 2.33 bits per heavy atom. The number of nitrogens with zero attached hydrogens (tertiary/aromatic N) is 3. The van der Waals surface area contributed by atoms with Gasteiger partial charge in [0, 0.05) is 12.4 Å². The molecular formula is C10H11N5O3. The number of carbonyl (C=O) groups excluding carboxylic acids is 1. The molecule has 2 aromatic rings. The van der Waals surface area contributed by atoms with Crippen molar-refractivity contribution < 1.29 is 14.7 Å². The second kappa shape index (κ2) is 5.13. The van der Waals surface area contributed by atoms with Gasteiger partial charge >= 0.3 is 5.97 Å². The van der Waals surface area contributed by atoms with Gasteiger partial charge in [-0.05, 0) is 6.07 Å². The second-order valence-corrected chi connectivity index (χ2v) is 3.58. The molecule has 0 aliphatic carbocycles. The van der Waals surface area contributed by atoms with Gasteiger partial charge < -0.3 is 10.4 Å². The molecule has 2 rings (SSSR count). The number of H-pyrrole nitrogens is 1. The van der Waals surface area contributed by atoms with Gasteiger partial charge in [-0.25, -0.2) is 0 Å². The van der Waals surface area contributed by atoms with Crippen molar-refractivity contribution in [2.24, 2.45) is 0 Å². The molecule has 0 aromatic carbocycles. The lowest BCUT2D eigenvalue weighted by molar-refractivity contribution is -0.137. The quantitative estimate of drug-likeness (QED) is 0.668. The first-order valence-electron chi connectivity index (χ1n) is 5.16. The molecule has 8 nitrogen and oxygen atoms in total. The normalized spacial score (nSPS) is 10.2. The number of amides is 1. The first-order valence-corrected chi connectivity index (χ1v) is 5.16. The van der Waals surface area contributed by atoms with E-state index in [1.807, 2.05) is 0 Å². The molecule has 0 aliphatic rings. The summed E-state index contributed by atoms with van der Waals surface area (Å²) < 4.78 is 1.19. The molecule has 0 spiro atoms. The molecule has 0 aliphatic heterocycles. The van der Waals surface area contributed by atoms with Crippen LogP contribution in [-0.4, -0.2) is 37.0 Å². The van der Waals surface area contributed by atoms with E-state index in [0.29, 0.717) is 12.1 Å². The van der Waals surface area contributed by atoms with Crippen LogP contribution in [0.1, 0.15) is 16.1 Å². The average molecular weight is 249 g/mol. The monoisotopic (exact) mass is 249 g/mol. The topological polar surface area (TPSA) is 113 Å². The van der Waals surface area contributed by atoms with E-state index >= 15 is 0 Å². The summed E-state index contributed by atoms with van der Waals surface area (Å²) in [5.74, 6) is -1.33. The fourth-order valence-electron chi connectivity index (χ4n) is 1.37. The molecule has 0 radical (unpaired) electrons. The highest BCUT2D eigenvalue weighted by molar-refractivity contribution is 5.93. The molecule has 0 saturated carbocycles. The fourth-order valence-corrected chi connectivity index (χ4v) is 1.37. The van der Waals surface area contributed by atoms with Crippen LogP contribution in [0.25, 0.3) is 0 Å². The molecule has 0 unspecified atom stereocenters. The smallest absolute Gasteiger partial charge is 0.325 e. The van der Waals surface area contributed by atoms with Crippen LogP contribution in [0.2, 0.25) is 0 Å². The number of carboxylic acids is 1. The molecule has 0 atom stereocenters. The minimum Gasteiger partial charge on any atom is -0.480 e. The maximum atomic E-state index is 11.7. The maximum Gasteiger partial charge on any atom is 0.325 e. The van der Waals surface area contributed by atoms with E-state index in [1.165, 1.54) is 17.1 Å². The van der Waals surface area contributed by atoms with Gasteiger partial charge in [-0.1, -0.05) is 0 Å². The highest BCUT2D eigenvalue weighted by atomic mass is 16.4.